The first-order valence-corrected chi connectivity index (χ1v) is 16.3. The number of benzene rings is 3. The van der Waals surface area contributed by atoms with Crippen molar-refractivity contribution >= 4 is 59.4 Å². The fourth-order valence-electron chi connectivity index (χ4n) is 4.00. The molecule has 0 spiro atoms. The third kappa shape index (κ3) is 9.05. The highest BCUT2D eigenvalue weighted by Gasteiger charge is 2.32. The molecule has 3 aromatic carbocycles. The van der Waals surface area contributed by atoms with Crippen molar-refractivity contribution in [2.75, 3.05) is 24.0 Å². The summed E-state index contributed by atoms with van der Waals surface area (Å²) in [6.07, 6.45) is 0. The van der Waals surface area contributed by atoms with Crippen LogP contribution in [0.4, 0.5) is 5.69 Å². The number of hydrogen-bond donors (Lipinski definition) is 1. The van der Waals surface area contributed by atoms with Gasteiger partial charge in [0, 0.05) is 22.0 Å². The molecule has 0 radical (unpaired) electrons. The van der Waals surface area contributed by atoms with Gasteiger partial charge in [0.1, 0.15) is 18.3 Å². The van der Waals surface area contributed by atoms with Gasteiger partial charge in [-0.05, 0) is 86.0 Å². The van der Waals surface area contributed by atoms with Gasteiger partial charge in [-0.1, -0.05) is 57.8 Å². The van der Waals surface area contributed by atoms with Crippen LogP contribution in [0.3, 0.4) is 0 Å². The maximum Gasteiger partial charge on any atom is 0.264 e. The number of ether oxygens (including phenoxy) is 1. The van der Waals surface area contributed by atoms with Crippen LogP contribution in [-0.2, 0) is 26.2 Å². The molecule has 11 heteroatoms. The molecule has 0 aliphatic rings. The van der Waals surface area contributed by atoms with Gasteiger partial charge >= 0.3 is 0 Å². The molecule has 1 atom stereocenters. The monoisotopic (exact) mass is 707 g/mol. The van der Waals surface area contributed by atoms with Gasteiger partial charge in [-0.25, -0.2) is 8.42 Å². The Morgan fingerprint density at radius 1 is 0.927 bits per heavy atom. The topological polar surface area (TPSA) is 96.0 Å². The molecule has 0 aliphatic carbocycles. The standard InChI is InChI=1S/C30H35Br2N3O5S/c1-5-40-27-13-11-26(12-14-27)35(41(38,39)28-15-9-24(31)10-16-28)20-29(36)34(19-23-7-6-8-25(32)17-23)22(4)30(37)33-18-21(2)3/h6-17,21-22H,5,18-20H2,1-4H3,(H,33,37). The van der Waals surface area contributed by atoms with Crippen molar-refractivity contribution in [3.8, 4) is 5.75 Å². The van der Waals surface area contributed by atoms with E-state index in [9.17, 15) is 18.0 Å². The van der Waals surface area contributed by atoms with Crippen molar-refractivity contribution < 1.29 is 22.7 Å². The number of nitrogens with zero attached hydrogens (tertiary/aromatic N) is 2. The summed E-state index contributed by atoms with van der Waals surface area (Å²) in [5.74, 6) is -0.0287. The highest BCUT2D eigenvalue weighted by Crippen LogP contribution is 2.27. The van der Waals surface area contributed by atoms with Crippen molar-refractivity contribution in [1.29, 1.82) is 0 Å². The number of amides is 2. The van der Waals surface area contributed by atoms with Gasteiger partial charge in [0.05, 0.1) is 17.2 Å². The van der Waals surface area contributed by atoms with E-state index >= 15 is 0 Å². The molecule has 3 rings (SSSR count). The van der Waals surface area contributed by atoms with Crippen LogP contribution in [0.5, 0.6) is 5.75 Å². The maximum atomic E-state index is 14.0. The lowest BCUT2D eigenvalue weighted by Gasteiger charge is -2.32. The Kier molecular flexibility index (Phi) is 11.8. The normalized spacial score (nSPS) is 12.1. The fourth-order valence-corrected chi connectivity index (χ4v) is 6.13. The van der Waals surface area contributed by atoms with Crippen LogP contribution in [0.15, 0.2) is 86.6 Å². The first-order valence-electron chi connectivity index (χ1n) is 13.2. The average molecular weight is 710 g/mol. The predicted molar refractivity (Wildman–Crippen MR) is 168 cm³/mol. The lowest BCUT2D eigenvalue weighted by Crippen LogP contribution is -2.51. The summed E-state index contributed by atoms with van der Waals surface area (Å²) in [6, 6.07) is 19.3. The van der Waals surface area contributed by atoms with Gasteiger partial charge in [-0.15, -0.1) is 0 Å². The van der Waals surface area contributed by atoms with Gasteiger partial charge in [0.25, 0.3) is 10.0 Å². The molecular weight excluding hydrogens is 674 g/mol. The molecule has 41 heavy (non-hydrogen) atoms. The van der Waals surface area contributed by atoms with Crippen LogP contribution in [0.1, 0.15) is 33.3 Å². The number of nitrogens with one attached hydrogen (secondary N) is 1. The largest absolute Gasteiger partial charge is 0.494 e. The van der Waals surface area contributed by atoms with Crippen LogP contribution in [0, 0.1) is 5.92 Å². The van der Waals surface area contributed by atoms with Crippen LogP contribution in [0.2, 0.25) is 0 Å². The van der Waals surface area contributed by atoms with Gasteiger partial charge in [0.2, 0.25) is 11.8 Å². The van der Waals surface area contributed by atoms with Crippen LogP contribution >= 0.6 is 31.9 Å². The number of carbonyl (C=O) groups is 2. The van der Waals surface area contributed by atoms with Crippen molar-refractivity contribution in [2.24, 2.45) is 5.92 Å². The third-order valence-electron chi connectivity index (χ3n) is 6.21. The summed E-state index contributed by atoms with van der Waals surface area (Å²) in [7, 11) is -4.16. The van der Waals surface area contributed by atoms with Crippen molar-refractivity contribution in [1.82, 2.24) is 10.2 Å². The Balaban J connectivity index is 2.02. The Hall–Kier alpha value is -2.89. The van der Waals surface area contributed by atoms with E-state index in [2.05, 4.69) is 37.2 Å². The second-order valence-electron chi connectivity index (χ2n) is 9.86. The van der Waals surface area contributed by atoms with E-state index in [1.54, 1.807) is 43.3 Å². The molecule has 0 fully saturated rings. The smallest absolute Gasteiger partial charge is 0.264 e. The van der Waals surface area contributed by atoms with Crippen molar-refractivity contribution in [2.45, 2.75) is 45.2 Å². The van der Waals surface area contributed by atoms with E-state index in [-0.39, 0.29) is 23.3 Å². The molecule has 1 unspecified atom stereocenters. The molecular formula is C30H35Br2N3O5S. The zero-order chi connectivity index (χ0) is 30.2. The van der Waals surface area contributed by atoms with Gasteiger partial charge in [-0.2, -0.15) is 0 Å². The molecule has 0 aliphatic heterocycles. The first kappa shape index (κ1) is 32.6. The predicted octanol–water partition coefficient (Wildman–Crippen LogP) is 6.00. The van der Waals surface area contributed by atoms with Crippen molar-refractivity contribution in [3.63, 3.8) is 0 Å². The summed E-state index contributed by atoms with van der Waals surface area (Å²) in [5, 5.41) is 2.89. The Labute approximate surface area is 259 Å². The molecule has 0 saturated carbocycles. The number of anilines is 1. The van der Waals surface area contributed by atoms with Crippen LogP contribution < -0.4 is 14.4 Å². The first-order chi connectivity index (χ1) is 19.4. The zero-order valence-electron chi connectivity index (χ0n) is 23.5. The van der Waals surface area contributed by atoms with Gasteiger partial charge < -0.3 is 15.0 Å². The minimum absolute atomic E-state index is 0.0312. The molecule has 0 saturated heterocycles. The molecule has 1 N–H and O–H groups in total. The van der Waals surface area contributed by atoms with E-state index in [0.717, 1.165) is 18.8 Å². The lowest BCUT2D eigenvalue weighted by atomic mass is 10.1. The summed E-state index contributed by atoms with van der Waals surface area (Å²) >= 11 is 6.80. The zero-order valence-corrected chi connectivity index (χ0v) is 27.5. The quantitative estimate of drug-likeness (QED) is 0.235. The third-order valence-corrected chi connectivity index (χ3v) is 9.02. The van der Waals surface area contributed by atoms with Gasteiger partial charge in [-0.3, -0.25) is 13.9 Å². The lowest BCUT2D eigenvalue weighted by molar-refractivity contribution is -0.139. The second kappa shape index (κ2) is 14.8. The van der Waals surface area contributed by atoms with E-state index in [1.807, 2.05) is 45.0 Å². The number of hydrogen-bond acceptors (Lipinski definition) is 5. The van der Waals surface area contributed by atoms with Crippen LogP contribution in [0.25, 0.3) is 0 Å². The van der Waals surface area contributed by atoms with Gasteiger partial charge in [0.15, 0.2) is 0 Å². The Bertz CT molecular complexity index is 1430. The second-order valence-corrected chi connectivity index (χ2v) is 13.6. The average Bonchev–Trinajstić information content (AvgIpc) is 2.93. The molecule has 2 amide bonds. The Morgan fingerprint density at radius 2 is 1.59 bits per heavy atom. The molecule has 0 heterocycles. The minimum Gasteiger partial charge on any atom is -0.494 e. The molecule has 3 aromatic rings. The summed E-state index contributed by atoms with van der Waals surface area (Å²) < 4.78 is 36.0. The maximum absolute atomic E-state index is 14.0. The highest BCUT2D eigenvalue weighted by molar-refractivity contribution is 9.10. The minimum atomic E-state index is -4.16. The summed E-state index contributed by atoms with van der Waals surface area (Å²) in [4.78, 5) is 28.5. The van der Waals surface area contributed by atoms with E-state index in [4.69, 9.17) is 4.74 Å². The SMILES string of the molecule is CCOc1ccc(N(CC(=O)N(Cc2cccc(Br)c2)C(C)C(=O)NCC(C)C)S(=O)(=O)c2ccc(Br)cc2)cc1. The van der Waals surface area contributed by atoms with E-state index in [1.165, 1.54) is 17.0 Å². The number of sulfonamides is 1. The Morgan fingerprint density at radius 3 is 2.17 bits per heavy atom. The fraction of sp³-hybridized carbons (Fsp3) is 0.333. The molecule has 8 nitrogen and oxygen atoms in total. The number of rotatable bonds is 13. The summed E-state index contributed by atoms with van der Waals surface area (Å²) in [6.45, 7) is 7.99. The van der Waals surface area contributed by atoms with E-state index < -0.39 is 28.5 Å². The highest BCUT2D eigenvalue weighted by atomic mass is 79.9. The molecule has 220 valence electrons. The molecule has 0 bridgehead atoms. The number of carbonyl (C=O) groups excluding carboxylic acids is 2. The van der Waals surface area contributed by atoms with Crippen LogP contribution in [-0.4, -0.2) is 50.9 Å². The summed E-state index contributed by atoms with van der Waals surface area (Å²) in [5.41, 5.74) is 1.09. The van der Waals surface area contributed by atoms with Crippen molar-refractivity contribution in [3.05, 3.63) is 87.3 Å². The molecule has 0 aromatic heterocycles. The van der Waals surface area contributed by atoms with E-state index in [0.29, 0.717) is 24.6 Å². The number of halogens is 2.